The summed E-state index contributed by atoms with van der Waals surface area (Å²) in [6.45, 7) is 7.64. The van der Waals surface area contributed by atoms with Crippen molar-refractivity contribution in [3.05, 3.63) is 65.6 Å². The third-order valence-electron chi connectivity index (χ3n) is 6.18. The van der Waals surface area contributed by atoms with E-state index >= 15 is 0 Å². The SMILES string of the molecule is COc1ccc(CCNc2nccc(-c3cc(CN4C[C@H](C)NC[C@@H]4C)ccc3F)n2)cc1O. The highest BCUT2D eigenvalue weighted by Gasteiger charge is 2.22. The fourth-order valence-corrected chi connectivity index (χ4v) is 4.22. The molecule has 2 aromatic carbocycles. The second-order valence-corrected chi connectivity index (χ2v) is 8.85. The van der Waals surface area contributed by atoms with E-state index < -0.39 is 0 Å². The zero-order valence-corrected chi connectivity index (χ0v) is 19.9. The molecule has 1 aromatic heterocycles. The third kappa shape index (κ3) is 5.81. The number of nitrogens with one attached hydrogen (secondary N) is 2. The highest BCUT2D eigenvalue weighted by Crippen LogP contribution is 2.27. The molecule has 34 heavy (non-hydrogen) atoms. The van der Waals surface area contributed by atoms with Gasteiger partial charge in [0, 0.05) is 50.0 Å². The van der Waals surface area contributed by atoms with Crippen LogP contribution >= 0.6 is 0 Å². The number of phenolic OH excluding ortho intramolecular Hbond substituents is 1. The lowest BCUT2D eigenvalue weighted by Crippen LogP contribution is -2.53. The number of hydrogen-bond acceptors (Lipinski definition) is 7. The van der Waals surface area contributed by atoms with Gasteiger partial charge < -0.3 is 20.5 Å². The van der Waals surface area contributed by atoms with E-state index in [1.807, 2.05) is 18.2 Å². The van der Waals surface area contributed by atoms with Crippen molar-refractivity contribution in [1.29, 1.82) is 0 Å². The van der Waals surface area contributed by atoms with Gasteiger partial charge in [-0.05, 0) is 61.7 Å². The van der Waals surface area contributed by atoms with Crippen LogP contribution in [0.5, 0.6) is 11.5 Å². The zero-order chi connectivity index (χ0) is 24.1. The van der Waals surface area contributed by atoms with Gasteiger partial charge in [-0.3, -0.25) is 4.90 Å². The van der Waals surface area contributed by atoms with Crippen LogP contribution in [0.4, 0.5) is 10.3 Å². The molecule has 0 spiro atoms. The van der Waals surface area contributed by atoms with Gasteiger partial charge in [0.25, 0.3) is 0 Å². The molecule has 2 heterocycles. The molecule has 180 valence electrons. The van der Waals surface area contributed by atoms with Crippen LogP contribution in [-0.2, 0) is 13.0 Å². The lowest BCUT2D eigenvalue weighted by Gasteiger charge is -2.37. The normalized spacial score (nSPS) is 18.6. The van der Waals surface area contributed by atoms with E-state index in [9.17, 15) is 9.50 Å². The Kier molecular flexibility index (Phi) is 7.59. The molecular weight excluding hydrogens is 433 g/mol. The van der Waals surface area contributed by atoms with Gasteiger partial charge in [-0.1, -0.05) is 12.1 Å². The van der Waals surface area contributed by atoms with Crippen molar-refractivity contribution in [2.75, 3.05) is 32.1 Å². The van der Waals surface area contributed by atoms with Gasteiger partial charge in [-0.2, -0.15) is 0 Å². The zero-order valence-electron chi connectivity index (χ0n) is 19.9. The van der Waals surface area contributed by atoms with Crippen molar-refractivity contribution in [2.24, 2.45) is 0 Å². The summed E-state index contributed by atoms with van der Waals surface area (Å²) in [6.07, 6.45) is 2.30. The van der Waals surface area contributed by atoms with Gasteiger partial charge in [-0.25, -0.2) is 14.4 Å². The summed E-state index contributed by atoms with van der Waals surface area (Å²) in [5.74, 6) is 0.685. The Morgan fingerprint density at radius 2 is 2.00 bits per heavy atom. The molecule has 0 amide bonds. The van der Waals surface area contributed by atoms with Crippen LogP contribution in [0.3, 0.4) is 0 Å². The van der Waals surface area contributed by atoms with Gasteiger partial charge in [0.05, 0.1) is 12.8 Å². The van der Waals surface area contributed by atoms with E-state index in [1.165, 1.54) is 13.2 Å². The predicted molar refractivity (Wildman–Crippen MR) is 132 cm³/mol. The summed E-state index contributed by atoms with van der Waals surface area (Å²) in [4.78, 5) is 11.2. The van der Waals surface area contributed by atoms with Gasteiger partial charge in [0.2, 0.25) is 5.95 Å². The first kappa shape index (κ1) is 23.9. The van der Waals surface area contributed by atoms with Crippen molar-refractivity contribution < 1.29 is 14.2 Å². The highest BCUT2D eigenvalue weighted by atomic mass is 19.1. The number of methoxy groups -OCH3 is 1. The predicted octanol–water partition coefficient (Wildman–Crippen LogP) is 3.83. The molecule has 1 aliphatic heterocycles. The molecule has 3 N–H and O–H groups in total. The number of rotatable bonds is 8. The largest absolute Gasteiger partial charge is 0.504 e. The van der Waals surface area contributed by atoms with Crippen molar-refractivity contribution in [1.82, 2.24) is 20.2 Å². The Morgan fingerprint density at radius 1 is 1.18 bits per heavy atom. The van der Waals surface area contributed by atoms with Crippen LogP contribution in [-0.4, -0.2) is 58.8 Å². The molecule has 8 heteroatoms. The van der Waals surface area contributed by atoms with Gasteiger partial charge >= 0.3 is 0 Å². The fraction of sp³-hybridized carbons (Fsp3) is 0.385. The molecule has 3 aromatic rings. The topological polar surface area (TPSA) is 82.5 Å². The maximum Gasteiger partial charge on any atom is 0.223 e. The molecule has 2 atom stereocenters. The standard InChI is InChI=1S/C26H32FN5O2/c1-17-15-32(18(2)14-30-17)16-20-4-6-22(27)21(12-20)23-9-11-29-26(31-23)28-10-8-19-5-7-25(34-3)24(33)13-19/h4-7,9,11-13,17-18,30,33H,8,10,14-16H2,1-3H3,(H,28,29,31)/t17-,18-/m0/s1. The smallest absolute Gasteiger partial charge is 0.223 e. The van der Waals surface area contributed by atoms with Crippen molar-refractivity contribution in [3.8, 4) is 22.8 Å². The highest BCUT2D eigenvalue weighted by molar-refractivity contribution is 5.62. The molecule has 0 saturated carbocycles. The molecule has 1 saturated heterocycles. The minimum Gasteiger partial charge on any atom is -0.504 e. The van der Waals surface area contributed by atoms with Crippen LogP contribution in [0, 0.1) is 5.82 Å². The van der Waals surface area contributed by atoms with E-state index in [0.29, 0.717) is 48.0 Å². The number of halogens is 1. The summed E-state index contributed by atoms with van der Waals surface area (Å²) in [6, 6.07) is 13.2. The number of hydrogen-bond donors (Lipinski definition) is 3. The molecule has 7 nitrogen and oxygen atoms in total. The minimum atomic E-state index is -0.302. The monoisotopic (exact) mass is 465 g/mol. The third-order valence-corrected chi connectivity index (χ3v) is 6.18. The number of piperazine rings is 1. The lowest BCUT2D eigenvalue weighted by atomic mass is 10.0. The molecule has 0 radical (unpaired) electrons. The number of phenols is 1. The van der Waals surface area contributed by atoms with E-state index in [0.717, 1.165) is 30.8 Å². The van der Waals surface area contributed by atoms with Crippen molar-refractivity contribution >= 4 is 5.95 Å². The molecule has 4 rings (SSSR count). The number of nitrogens with zero attached hydrogens (tertiary/aromatic N) is 3. The summed E-state index contributed by atoms with van der Waals surface area (Å²) in [5, 5.41) is 16.6. The minimum absolute atomic E-state index is 0.110. The Bertz CT molecular complexity index is 1130. The molecule has 1 aliphatic rings. The Morgan fingerprint density at radius 3 is 2.79 bits per heavy atom. The van der Waals surface area contributed by atoms with Gasteiger partial charge in [0.1, 0.15) is 5.82 Å². The van der Waals surface area contributed by atoms with E-state index in [1.54, 1.807) is 24.4 Å². The molecular formula is C26H32FN5O2. The maximum absolute atomic E-state index is 14.7. The number of aromatic hydroxyl groups is 1. The van der Waals surface area contributed by atoms with Crippen LogP contribution in [0.2, 0.25) is 0 Å². The average molecular weight is 466 g/mol. The quantitative estimate of drug-likeness (QED) is 0.466. The average Bonchev–Trinajstić information content (AvgIpc) is 2.83. The number of ether oxygens (including phenoxy) is 1. The maximum atomic E-state index is 14.7. The number of aromatic nitrogens is 2. The van der Waals surface area contributed by atoms with Crippen LogP contribution in [0.15, 0.2) is 48.7 Å². The molecule has 0 bridgehead atoms. The number of anilines is 1. The first-order valence-electron chi connectivity index (χ1n) is 11.6. The van der Waals surface area contributed by atoms with Crippen LogP contribution < -0.4 is 15.4 Å². The summed E-state index contributed by atoms with van der Waals surface area (Å²) >= 11 is 0. The molecule has 0 aliphatic carbocycles. The second kappa shape index (κ2) is 10.8. The van der Waals surface area contributed by atoms with Crippen molar-refractivity contribution in [2.45, 2.75) is 38.9 Å². The second-order valence-electron chi connectivity index (χ2n) is 8.85. The van der Waals surface area contributed by atoms with E-state index in [2.05, 4.69) is 39.3 Å². The molecule has 1 fully saturated rings. The van der Waals surface area contributed by atoms with E-state index in [4.69, 9.17) is 4.74 Å². The van der Waals surface area contributed by atoms with E-state index in [-0.39, 0.29) is 11.6 Å². The fourth-order valence-electron chi connectivity index (χ4n) is 4.22. The first-order valence-corrected chi connectivity index (χ1v) is 11.6. The first-order chi connectivity index (χ1) is 16.4. The number of benzene rings is 2. The lowest BCUT2D eigenvalue weighted by molar-refractivity contribution is 0.139. The Labute approximate surface area is 200 Å². The Balaban J connectivity index is 1.43. The molecule has 0 unspecified atom stereocenters. The van der Waals surface area contributed by atoms with Gasteiger partial charge in [-0.15, -0.1) is 0 Å². The van der Waals surface area contributed by atoms with Crippen LogP contribution in [0.25, 0.3) is 11.3 Å². The van der Waals surface area contributed by atoms with Gasteiger partial charge in [0.15, 0.2) is 11.5 Å². The Hall–Kier alpha value is -3.23. The van der Waals surface area contributed by atoms with Crippen molar-refractivity contribution in [3.63, 3.8) is 0 Å². The summed E-state index contributed by atoms with van der Waals surface area (Å²) < 4.78 is 19.8. The van der Waals surface area contributed by atoms with Crippen LogP contribution in [0.1, 0.15) is 25.0 Å². The summed E-state index contributed by atoms with van der Waals surface area (Å²) in [5.41, 5.74) is 3.03. The summed E-state index contributed by atoms with van der Waals surface area (Å²) in [7, 11) is 1.52.